The highest BCUT2D eigenvalue weighted by atomic mass is 35.5. The van der Waals surface area contributed by atoms with Crippen molar-refractivity contribution in [2.24, 2.45) is 0 Å². The maximum atomic E-state index is 8.87. The van der Waals surface area contributed by atoms with Gasteiger partial charge in [0.15, 0.2) is 11.5 Å². The third kappa shape index (κ3) is 2.60. The molecule has 0 aliphatic carbocycles. The quantitative estimate of drug-likeness (QED) is 0.865. The SMILES string of the molecule is COc1c(Cl)cc(C)c(CCCO)c1OC. The van der Waals surface area contributed by atoms with Crippen LogP contribution in [0.1, 0.15) is 17.5 Å². The van der Waals surface area contributed by atoms with Crippen LogP contribution in [0.25, 0.3) is 0 Å². The molecular weight excluding hydrogens is 228 g/mol. The van der Waals surface area contributed by atoms with Gasteiger partial charge in [-0.15, -0.1) is 0 Å². The highest BCUT2D eigenvalue weighted by Crippen LogP contribution is 2.40. The average molecular weight is 245 g/mol. The van der Waals surface area contributed by atoms with Gasteiger partial charge in [0.2, 0.25) is 0 Å². The molecular formula is C12H17ClO3. The van der Waals surface area contributed by atoms with Crippen LogP contribution >= 0.6 is 11.6 Å². The number of aliphatic hydroxyl groups excluding tert-OH is 1. The number of benzene rings is 1. The first-order valence-corrected chi connectivity index (χ1v) is 5.54. The van der Waals surface area contributed by atoms with Gasteiger partial charge in [-0.3, -0.25) is 0 Å². The lowest BCUT2D eigenvalue weighted by Crippen LogP contribution is -2.01. The minimum absolute atomic E-state index is 0.160. The van der Waals surface area contributed by atoms with Crippen LogP contribution in [0, 0.1) is 6.92 Å². The Morgan fingerprint density at radius 3 is 2.38 bits per heavy atom. The van der Waals surface area contributed by atoms with Gasteiger partial charge >= 0.3 is 0 Å². The minimum atomic E-state index is 0.160. The van der Waals surface area contributed by atoms with E-state index in [4.69, 9.17) is 26.2 Å². The topological polar surface area (TPSA) is 38.7 Å². The predicted octanol–water partition coefficient (Wildman–Crippen LogP) is 2.59. The van der Waals surface area contributed by atoms with Crippen molar-refractivity contribution in [1.29, 1.82) is 0 Å². The molecule has 90 valence electrons. The van der Waals surface area contributed by atoms with Crippen LogP contribution in [-0.4, -0.2) is 25.9 Å². The fraction of sp³-hybridized carbons (Fsp3) is 0.500. The molecule has 4 heteroatoms. The molecule has 1 rings (SSSR count). The Labute approximate surface area is 101 Å². The Kier molecular flexibility index (Phi) is 4.90. The van der Waals surface area contributed by atoms with E-state index in [0.717, 1.165) is 17.5 Å². The van der Waals surface area contributed by atoms with Gasteiger partial charge in [0.25, 0.3) is 0 Å². The van der Waals surface area contributed by atoms with Crippen LogP contribution < -0.4 is 9.47 Å². The molecule has 0 aliphatic heterocycles. The fourth-order valence-corrected chi connectivity index (χ4v) is 2.07. The van der Waals surface area contributed by atoms with Crippen molar-refractivity contribution < 1.29 is 14.6 Å². The van der Waals surface area contributed by atoms with E-state index in [-0.39, 0.29) is 6.61 Å². The molecule has 16 heavy (non-hydrogen) atoms. The van der Waals surface area contributed by atoms with E-state index in [2.05, 4.69) is 0 Å². The smallest absolute Gasteiger partial charge is 0.179 e. The van der Waals surface area contributed by atoms with Crippen LogP contribution in [-0.2, 0) is 6.42 Å². The Morgan fingerprint density at radius 2 is 1.88 bits per heavy atom. The molecule has 0 aromatic heterocycles. The monoisotopic (exact) mass is 244 g/mol. The first-order valence-electron chi connectivity index (χ1n) is 5.16. The van der Waals surface area contributed by atoms with E-state index in [0.29, 0.717) is 22.9 Å². The Hall–Kier alpha value is -0.930. The van der Waals surface area contributed by atoms with Crippen molar-refractivity contribution in [1.82, 2.24) is 0 Å². The summed E-state index contributed by atoms with van der Waals surface area (Å²) in [5.41, 5.74) is 2.09. The van der Waals surface area contributed by atoms with Gasteiger partial charge in [0, 0.05) is 12.2 Å². The lowest BCUT2D eigenvalue weighted by atomic mass is 10.0. The second-order valence-corrected chi connectivity index (χ2v) is 3.95. The van der Waals surface area contributed by atoms with E-state index in [9.17, 15) is 0 Å². The van der Waals surface area contributed by atoms with E-state index in [1.165, 1.54) is 0 Å². The lowest BCUT2D eigenvalue weighted by Gasteiger charge is -2.16. The standard InChI is InChI=1S/C12H17ClO3/c1-8-7-10(13)12(16-3)11(15-2)9(8)5-4-6-14/h7,14H,4-6H2,1-3H3. The Balaban J connectivity index is 3.22. The van der Waals surface area contributed by atoms with Gasteiger partial charge in [0.05, 0.1) is 19.2 Å². The van der Waals surface area contributed by atoms with E-state index in [1.807, 2.05) is 13.0 Å². The minimum Gasteiger partial charge on any atom is -0.493 e. The number of hydrogen-bond donors (Lipinski definition) is 1. The zero-order valence-corrected chi connectivity index (χ0v) is 10.6. The number of hydrogen-bond acceptors (Lipinski definition) is 3. The Bertz CT molecular complexity index is 364. The molecule has 1 aromatic rings. The van der Waals surface area contributed by atoms with Crippen molar-refractivity contribution in [2.45, 2.75) is 19.8 Å². The van der Waals surface area contributed by atoms with Crippen LogP contribution in [0.5, 0.6) is 11.5 Å². The molecule has 3 nitrogen and oxygen atoms in total. The third-order valence-electron chi connectivity index (χ3n) is 2.51. The molecule has 0 bridgehead atoms. The summed E-state index contributed by atoms with van der Waals surface area (Å²) in [6, 6.07) is 1.86. The molecule has 0 atom stereocenters. The van der Waals surface area contributed by atoms with E-state index >= 15 is 0 Å². The van der Waals surface area contributed by atoms with Gasteiger partial charge < -0.3 is 14.6 Å². The van der Waals surface area contributed by atoms with Crippen LogP contribution in [0.15, 0.2) is 6.07 Å². The summed E-state index contributed by atoms with van der Waals surface area (Å²) in [6.45, 7) is 2.13. The summed E-state index contributed by atoms with van der Waals surface area (Å²) in [5, 5.41) is 9.41. The molecule has 0 unspecified atom stereocenters. The molecule has 1 aromatic carbocycles. The van der Waals surface area contributed by atoms with Crippen LogP contribution in [0.2, 0.25) is 5.02 Å². The Morgan fingerprint density at radius 1 is 1.25 bits per heavy atom. The lowest BCUT2D eigenvalue weighted by molar-refractivity contribution is 0.287. The second kappa shape index (κ2) is 5.97. The summed E-state index contributed by atoms with van der Waals surface area (Å²) in [7, 11) is 3.16. The highest BCUT2D eigenvalue weighted by Gasteiger charge is 2.16. The average Bonchev–Trinajstić information content (AvgIpc) is 2.27. The van der Waals surface area contributed by atoms with Gasteiger partial charge in [-0.1, -0.05) is 11.6 Å². The number of halogens is 1. The number of aryl methyl sites for hydroxylation is 1. The summed E-state index contributed by atoms with van der Waals surface area (Å²) < 4.78 is 10.6. The highest BCUT2D eigenvalue weighted by molar-refractivity contribution is 6.32. The van der Waals surface area contributed by atoms with Gasteiger partial charge in [-0.25, -0.2) is 0 Å². The van der Waals surface area contributed by atoms with Gasteiger partial charge in [-0.2, -0.15) is 0 Å². The van der Waals surface area contributed by atoms with Crippen molar-refractivity contribution in [2.75, 3.05) is 20.8 Å². The largest absolute Gasteiger partial charge is 0.493 e. The zero-order valence-electron chi connectivity index (χ0n) is 9.84. The molecule has 1 N–H and O–H groups in total. The maximum Gasteiger partial charge on any atom is 0.179 e. The second-order valence-electron chi connectivity index (χ2n) is 3.55. The number of aliphatic hydroxyl groups is 1. The number of ether oxygens (including phenoxy) is 2. The number of methoxy groups -OCH3 is 2. The predicted molar refractivity (Wildman–Crippen MR) is 64.7 cm³/mol. The van der Waals surface area contributed by atoms with Crippen molar-refractivity contribution in [3.63, 3.8) is 0 Å². The van der Waals surface area contributed by atoms with E-state index < -0.39 is 0 Å². The summed E-state index contributed by atoms with van der Waals surface area (Å²) in [5.74, 6) is 1.23. The number of rotatable bonds is 5. The molecule has 0 spiro atoms. The van der Waals surface area contributed by atoms with Crippen molar-refractivity contribution >= 4 is 11.6 Å². The molecule has 0 radical (unpaired) electrons. The zero-order chi connectivity index (χ0) is 12.1. The third-order valence-corrected chi connectivity index (χ3v) is 2.79. The first-order chi connectivity index (χ1) is 7.65. The summed E-state index contributed by atoms with van der Waals surface area (Å²) in [4.78, 5) is 0. The maximum absolute atomic E-state index is 8.87. The molecule has 0 heterocycles. The van der Waals surface area contributed by atoms with Crippen LogP contribution in [0.3, 0.4) is 0 Å². The van der Waals surface area contributed by atoms with E-state index in [1.54, 1.807) is 14.2 Å². The van der Waals surface area contributed by atoms with Crippen LogP contribution in [0.4, 0.5) is 0 Å². The molecule has 0 saturated heterocycles. The van der Waals surface area contributed by atoms with Crippen molar-refractivity contribution in [3.8, 4) is 11.5 Å². The fourth-order valence-electron chi connectivity index (χ4n) is 1.74. The summed E-state index contributed by atoms with van der Waals surface area (Å²) >= 11 is 6.07. The van der Waals surface area contributed by atoms with Crippen molar-refractivity contribution in [3.05, 3.63) is 22.2 Å². The molecule has 0 amide bonds. The van der Waals surface area contributed by atoms with Gasteiger partial charge in [-0.05, 0) is 31.4 Å². The normalized spacial score (nSPS) is 10.3. The van der Waals surface area contributed by atoms with Gasteiger partial charge in [0.1, 0.15) is 0 Å². The molecule has 0 fully saturated rings. The first kappa shape index (κ1) is 13.1. The molecule has 0 saturated carbocycles. The summed E-state index contributed by atoms with van der Waals surface area (Å²) in [6.07, 6.45) is 1.45. The molecule has 0 aliphatic rings.